The summed E-state index contributed by atoms with van der Waals surface area (Å²) in [6.45, 7) is 0.837. The lowest BCUT2D eigenvalue weighted by Crippen LogP contribution is -2.31. The molecule has 0 saturated carbocycles. The summed E-state index contributed by atoms with van der Waals surface area (Å²) < 4.78 is 35.8. The van der Waals surface area contributed by atoms with Gasteiger partial charge in [0.2, 0.25) is 10.0 Å². The number of halogens is 1. The lowest BCUT2D eigenvalue weighted by atomic mass is 10.3. The Morgan fingerprint density at radius 1 is 0.957 bits per heavy atom. The second-order valence-electron chi connectivity index (χ2n) is 5.10. The lowest BCUT2D eigenvalue weighted by molar-refractivity contribution is 0.256. The van der Waals surface area contributed by atoms with Gasteiger partial charge in [-0.3, -0.25) is 9.80 Å². The van der Waals surface area contributed by atoms with Crippen LogP contribution in [0.3, 0.4) is 0 Å². The molecule has 2 N–H and O–H groups in total. The fraction of sp³-hybridized carbons (Fsp3) is 0.133. The zero-order chi connectivity index (χ0) is 16.6. The summed E-state index contributed by atoms with van der Waals surface area (Å²) in [6.07, 6.45) is 0. The number of nitrogens with zero attached hydrogens (tertiary/aromatic N) is 2. The predicted molar refractivity (Wildman–Crippen MR) is 84.3 cm³/mol. The number of urea groups is 1. The number of hydrogen-bond donors (Lipinski definition) is 1. The normalized spacial score (nSPS) is 15.3. The van der Waals surface area contributed by atoms with Crippen LogP contribution < -0.4 is 14.9 Å². The van der Waals surface area contributed by atoms with E-state index in [-0.39, 0.29) is 10.9 Å². The van der Waals surface area contributed by atoms with Gasteiger partial charge in [-0.25, -0.2) is 22.7 Å². The first kappa shape index (κ1) is 15.4. The number of rotatable bonds is 3. The minimum absolute atomic E-state index is 0.0186. The molecule has 120 valence electrons. The molecule has 2 aromatic carbocycles. The molecule has 0 aliphatic carbocycles. The second kappa shape index (κ2) is 5.64. The van der Waals surface area contributed by atoms with Gasteiger partial charge in [0.25, 0.3) is 0 Å². The first-order valence-corrected chi connectivity index (χ1v) is 8.38. The Morgan fingerprint density at radius 2 is 1.57 bits per heavy atom. The van der Waals surface area contributed by atoms with E-state index < -0.39 is 15.8 Å². The number of carbonyl (C=O) groups excluding carboxylic acids is 1. The molecule has 0 atom stereocenters. The highest BCUT2D eigenvalue weighted by molar-refractivity contribution is 7.89. The second-order valence-corrected chi connectivity index (χ2v) is 6.67. The lowest BCUT2D eigenvalue weighted by Gasteiger charge is -2.19. The molecule has 2 aromatic rings. The summed E-state index contributed by atoms with van der Waals surface area (Å²) in [5, 5.41) is 5.05. The third-order valence-corrected chi connectivity index (χ3v) is 4.54. The average Bonchev–Trinajstić information content (AvgIpc) is 2.88. The summed E-state index contributed by atoms with van der Waals surface area (Å²) >= 11 is 0. The Morgan fingerprint density at radius 3 is 2.13 bits per heavy atom. The summed E-state index contributed by atoms with van der Waals surface area (Å²) in [5.74, 6) is -0.411. The van der Waals surface area contributed by atoms with Crippen LogP contribution in [0.5, 0.6) is 0 Å². The van der Waals surface area contributed by atoms with Crippen molar-refractivity contribution in [2.45, 2.75) is 4.90 Å². The number of hydrogen-bond acceptors (Lipinski definition) is 3. The van der Waals surface area contributed by atoms with E-state index in [1.807, 2.05) is 0 Å². The molecule has 0 bridgehead atoms. The molecule has 1 aliphatic rings. The highest BCUT2D eigenvalue weighted by Gasteiger charge is 2.30. The van der Waals surface area contributed by atoms with Gasteiger partial charge in [-0.2, -0.15) is 0 Å². The average molecular weight is 335 g/mol. The predicted octanol–water partition coefficient (Wildman–Crippen LogP) is 1.92. The zero-order valence-electron chi connectivity index (χ0n) is 12.0. The van der Waals surface area contributed by atoms with Crippen molar-refractivity contribution in [3.05, 3.63) is 54.3 Å². The van der Waals surface area contributed by atoms with E-state index in [1.54, 1.807) is 12.1 Å². The van der Waals surface area contributed by atoms with E-state index in [1.165, 1.54) is 46.2 Å². The maximum Gasteiger partial charge on any atom is 0.329 e. The van der Waals surface area contributed by atoms with E-state index in [9.17, 15) is 17.6 Å². The van der Waals surface area contributed by atoms with Gasteiger partial charge in [0.15, 0.2) is 0 Å². The van der Waals surface area contributed by atoms with Crippen molar-refractivity contribution in [3.63, 3.8) is 0 Å². The van der Waals surface area contributed by atoms with Gasteiger partial charge >= 0.3 is 6.03 Å². The van der Waals surface area contributed by atoms with Gasteiger partial charge in [0.1, 0.15) is 5.82 Å². The molecule has 2 amide bonds. The third-order valence-electron chi connectivity index (χ3n) is 3.61. The molecule has 0 unspecified atom stereocenters. The molecule has 1 saturated heterocycles. The maximum absolute atomic E-state index is 13.3. The van der Waals surface area contributed by atoms with Crippen LogP contribution in [-0.4, -0.2) is 27.5 Å². The van der Waals surface area contributed by atoms with Gasteiger partial charge in [-0.15, -0.1) is 0 Å². The molecule has 8 heteroatoms. The largest absolute Gasteiger partial charge is 0.329 e. The van der Waals surface area contributed by atoms with Crippen LogP contribution in [0.4, 0.5) is 20.6 Å². The van der Waals surface area contributed by atoms with E-state index in [4.69, 9.17) is 5.14 Å². The monoisotopic (exact) mass is 335 g/mol. The Hall–Kier alpha value is -2.45. The van der Waals surface area contributed by atoms with Gasteiger partial charge < -0.3 is 0 Å². The zero-order valence-corrected chi connectivity index (χ0v) is 12.8. The highest BCUT2D eigenvalue weighted by Crippen LogP contribution is 2.26. The Bertz CT molecular complexity index is 853. The van der Waals surface area contributed by atoms with E-state index >= 15 is 0 Å². The minimum Gasteiger partial charge on any atom is -0.292 e. The maximum atomic E-state index is 13.3. The van der Waals surface area contributed by atoms with Crippen molar-refractivity contribution in [3.8, 4) is 0 Å². The Kier molecular flexibility index (Phi) is 3.78. The Balaban J connectivity index is 1.84. The summed E-state index contributed by atoms with van der Waals surface area (Å²) in [6, 6.07) is 11.3. The topological polar surface area (TPSA) is 83.7 Å². The molecular formula is C15H14FN3O3S. The van der Waals surface area contributed by atoms with E-state index in [0.29, 0.717) is 24.5 Å². The van der Waals surface area contributed by atoms with Crippen molar-refractivity contribution in [2.24, 2.45) is 5.14 Å². The standard InChI is InChI=1S/C15H14FN3O3S/c16-11-2-1-3-13(10-11)19-9-8-18(15(19)20)12-4-6-14(7-5-12)23(17,21)22/h1-7,10H,8-9H2,(H2,17,21,22). The van der Waals surface area contributed by atoms with Gasteiger partial charge in [-0.1, -0.05) is 6.07 Å². The van der Waals surface area contributed by atoms with Crippen molar-refractivity contribution < 1.29 is 17.6 Å². The summed E-state index contributed by atoms with van der Waals surface area (Å²) in [4.78, 5) is 15.4. The van der Waals surface area contributed by atoms with Crippen molar-refractivity contribution >= 4 is 27.4 Å². The van der Waals surface area contributed by atoms with Gasteiger partial charge in [0.05, 0.1) is 4.90 Å². The summed E-state index contributed by atoms with van der Waals surface area (Å²) in [5.41, 5.74) is 1.04. The molecule has 6 nitrogen and oxygen atoms in total. The summed E-state index contributed by atoms with van der Waals surface area (Å²) in [7, 11) is -3.77. The number of amides is 2. The quantitative estimate of drug-likeness (QED) is 0.930. The first-order chi connectivity index (χ1) is 10.9. The molecule has 1 heterocycles. The van der Waals surface area contributed by atoms with Gasteiger partial charge in [-0.05, 0) is 42.5 Å². The number of primary sulfonamides is 1. The minimum atomic E-state index is -3.77. The van der Waals surface area contributed by atoms with E-state index in [2.05, 4.69) is 0 Å². The number of carbonyl (C=O) groups is 1. The molecule has 3 rings (SSSR count). The smallest absolute Gasteiger partial charge is 0.292 e. The van der Waals surface area contributed by atoms with Crippen molar-refractivity contribution in [1.82, 2.24) is 0 Å². The number of nitrogens with two attached hydrogens (primary N) is 1. The van der Waals surface area contributed by atoms with Crippen LogP contribution in [0.1, 0.15) is 0 Å². The van der Waals surface area contributed by atoms with Crippen LogP contribution >= 0.6 is 0 Å². The fourth-order valence-electron chi connectivity index (χ4n) is 2.48. The molecular weight excluding hydrogens is 321 g/mol. The van der Waals surface area contributed by atoms with Crippen LogP contribution in [0.2, 0.25) is 0 Å². The van der Waals surface area contributed by atoms with Crippen LogP contribution in [0.25, 0.3) is 0 Å². The molecule has 0 radical (unpaired) electrons. The molecule has 0 aromatic heterocycles. The fourth-order valence-corrected chi connectivity index (χ4v) is 2.99. The van der Waals surface area contributed by atoms with Crippen molar-refractivity contribution in [2.75, 3.05) is 22.9 Å². The van der Waals surface area contributed by atoms with E-state index in [0.717, 1.165) is 0 Å². The van der Waals surface area contributed by atoms with Crippen LogP contribution in [0, 0.1) is 5.82 Å². The molecule has 0 spiro atoms. The number of sulfonamides is 1. The number of benzene rings is 2. The van der Waals surface area contributed by atoms with Crippen LogP contribution in [-0.2, 0) is 10.0 Å². The molecule has 1 fully saturated rings. The Labute approximate surface area is 133 Å². The SMILES string of the molecule is NS(=O)(=O)c1ccc(N2CCN(c3cccc(F)c3)C2=O)cc1. The number of anilines is 2. The molecule has 23 heavy (non-hydrogen) atoms. The van der Waals surface area contributed by atoms with Crippen LogP contribution in [0.15, 0.2) is 53.4 Å². The third kappa shape index (κ3) is 3.03. The molecule has 1 aliphatic heterocycles. The first-order valence-electron chi connectivity index (χ1n) is 6.84. The van der Waals surface area contributed by atoms with Crippen molar-refractivity contribution in [1.29, 1.82) is 0 Å². The highest BCUT2D eigenvalue weighted by atomic mass is 32.2. The van der Waals surface area contributed by atoms with Gasteiger partial charge in [0, 0.05) is 24.5 Å².